The molecule has 0 N–H and O–H groups in total. The standard InChI is InChI=1S/C18H25N3O3.C2H6/c1-22-11-3-4-17-19-8-5-18(20-17)21-9-6-14(7-10-21)24-16-12-15(13-16)23-2;1-2/h5,8,14-16H,6-7,9-13H2,1-2H3;1-2H3. The number of methoxy groups -OCH3 is 2. The summed E-state index contributed by atoms with van der Waals surface area (Å²) in [5.41, 5.74) is 0. The molecule has 3 rings (SSSR count). The van der Waals surface area contributed by atoms with Crippen LogP contribution < -0.4 is 4.90 Å². The minimum atomic E-state index is 0.354. The Labute approximate surface area is 157 Å². The van der Waals surface area contributed by atoms with Crippen molar-refractivity contribution in [1.29, 1.82) is 0 Å². The second-order valence-electron chi connectivity index (χ2n) is 6.25. The van der Waals surface area contributed by atoms with Gasteiger partial charge in [0.1, 0.15) is 12.4 Å². The fraction of sp³-hybridized carbons (Fsp3) is 0.700. The monoisotopic (exact) mass is 361 g/mol. The average Bonchev–Trinajstić information content (AvgIpc) is 2.67. The maximum absolute atomic E-state index is 6.16. The van der Waals surface area contributed by atoms with Crippen LogP contribution >= 0.6 is 0 Å². The molecule has 0 atom stereocenters. The zero-order chi connectivity index (χ0) is 18.8. The zero-order valence-electron chi connectivity index (χ0n) is 16.4. The van der Waals surface area contributed by atoms with Gasteiger partial charge < -0.3 is 19.1 Å². The lowest BCUT2D eigenvalue weighted by Gasteiger charge is -2.39. The molecule has 1 aromatic rings. The van der Waals surface area contributed by atoms with Crippen molar-refractivity contribution < 1.29 is 14.2 Å². The zero-order valence-corrected chi connectivity index (χ0v) is 16.4. The predicted molar refractivity (Wildman–Crippen MR) is 102 cm³/mol. The van der Waals surface area contributed by atoms with E-state index in [1.807, 2.05) is 19.9 Å². The molecule has 1 aromatic heterocycles. The summed E-state index contributed by atoms with van der Waals surface area (Å²) in [6.45, 7) is 6.29. The van der Waals surface area contributed by atoms with E-state index >= 15 is 0 Å². The van der Waals surface area contributed by atoms with Crippen molar-refractivity contribution in [3.8, 4) is 11.8 Å². The quantitative estimate of drug-likeness (QED) is 0.752. The van der Waals surface area contributed by atoms with E-state index in [0.717, 1.165) is 44.6 Å². The Morgan fingerprint density at radius 3 is 2.50 bits per heavy atom. The van der Waals surface area contributed by atoms with Crippen LogP contribution in [-0.4, -0.2) is 62.2 Å². The van der Waals surface area contributed by atoms with Crippen molar-refractivity contribution >= 4 is 5.82 Å². The molecular formula is C20H31N3O3. The predicted octanol–water partition coefficient (Wildman–Crippen LogP) is 2.66. The Kier molecular flexibility index (Phi) is 8.82. The topological polar surface area (TPSA) is 56.7 Å². The summed E-state index contributed by atoms with van der Waals surface area (Å²) in [5.74, 6) is 7.29. The lowest BCUT2D eigenvalue weighted by molar-refractivity contribution is -0.119. The van der Waals surface area contributed by atoms with Crippen molar-refractivity contribution in [3.63, 3.8) is 0 Å². The fourth-order valence-corrected chi connectivity index (χ4v) is 3.09. The summed E-state index contributed by atoms with van der Waals surface area (Å²) < 4.78 is 16.4. The SMILES string of the molecule is CC.COCC#Cc1nccc(N2CCC(OC3CC(OC)C3)CC2)n1. The fourth-order valence-electron chi connectivity index (χ4n) is 3.09. The molecule has 2 fully saturated rings. The second-order valence-corrected chi connectivity index (χ2v) is 6.25. The lowest BCUT2D eigenvalue weighted by atomic mass is 9.91. The number of aromatic nitrogens is 2. The first kappa shape index (κ1) is 20.6. The van der Waals surface area contributed by atoms with Gasteiger partial charge in [-0.3, -0.25) is 0 Å². The van der Waals surface area contributed by atoms with Gasteiger partial charge in [-0.05, 0) is 37.7 Å². The third-order valence-electron chi connectivity index (χ3n) is 4.59. The molecule has 6 nitrogen and oxygen atoms in total. The van der Waals surface area contributed by atoms with Crippen LogP contribution in [0.15, 0.2) is 12.3 Å². The van der Waals surface area contributed by atoms with Crippen LogP contribution in [-0.2, 0) is 14.2 Å². The Balaban J connectivity index is 0.00000117. The first-order valence-corrected chi connectivity index (χ1v) is 9.52. The molecular weight excluding hydrogens is 330 g/mol. The molecule has 1 aliphatic carbocycles. The van der Waals surface area contributed by atoms with Gasteiger partial charge in [-0.25, -0.2) is 9.97 Å². The molecule has 6 heteroatoms. The average molecular weight is 361 g/mol. The molecule has 1 saturated heterocycles. The maximum Gasteiger partial charge on any atom is 0.206 e. The van der Waals surface area contributed by atoms with E-state index in [1.165, 1.54) is 0 Å². The molecule has 0 aromatic carbocycles. The molecule has 0 radical (unpaired) electrons. The van der Waals surface area contributed by atoms with Crippen LogP contribution in [0.3, 0.4) is 0 Å². The van der Waals surface area contributed by atoms with Gasteiger partial charge in [-0.1, -0.05) is 19.8 Å². The smallest absolute Gasteiger partial charge is 0.206 e. The molecule has 2 aliphatic rings. The van der Waals surface area contributed by atoms with E-state index in [-0.39, 0.29) is 0 Å². The van der Waals surface area contributed by atoms with Gasteiger partial charge in [0, 0.05) is 33.5 Å². The summed E-state index contributed by atoms with van der Waals surface area (Å²) in [7, 11) is 3.40. The number of piperidine rings is 1. The molecule has 0 unspecified atom stereocenters. The van der Waals surface area contributed by atoms with Crippen molar-refractivity contribution in [1.82, 2.24) is 9.97 Å². The van der Waals surface area contributed by atoms with Crippen LogP contribution in [0.2, 0.25) is 0 Å². The largest absolute Gasteiger partial charge is 0.381 e. The van der Waals surface area contributed by atoms with Crippen molar-refractivity contribution in [2.24, 2.45) is 0 Å². The van der Waals surface area contributed by atoms with E-state index in [0.29, 0.717) is 30.7 Å². The minimum Gasteiger partial charge on any atom is -0.381 e. The number of ether oxygens (including phenoxy) is 3. The highest BCUT2D eigenvalue weighted by Gasteiger charge is 2.33. The third kappa shape index (κ3) is 5.94. The van der Waals surface area contributed by atoms with Crippen LogP contribution in [0.25, 0.3) is 0 Å². The molecule has 26 heavy (non-hydrogen) atoms. The van der Waals surface area contributed by atoms with Gasteiger partial charge in [0.05, 0.1) is 18.3 Å². The summed E-state index contributed by atoms with van der Waals surface area (Å²) in [5, 5.41) is 0. The van der Waals surface area contributed by atoms with Gasteiger partial charge in [0.2, 0.25) is 5.82 Å². The molecule has 1 saturated carbocycles. The van der Waals surface area contributed by atoms with Gasteiger partial charge >= 0.3 is 0 Å². The highest BCUT2D eigenvalue weighted by Crippen LogP contribution is 2.29. The Morgan fingerprint density at radius 1 is 1.12 bits per heavy atom. The van der Waals surface area contributed by atoms with Gasteiger partial charge in [0.15, 0.2) is 0 Å². The highest BCUT2D eigenvalue weighted by atomic mass is 16.5. The second kappa shape index (κ2) is 11.1. The number of anilines is 1. The van der Waals surface area contributed by atoms with Gasteiger partial charge in [-0.15, -0.1) is 0 Å². The number of rotatable bonds is 5. The summed E-state index contributed by atoms with van der Waals surface area (Å²) >= 11 is 0. The Hall–Kier alpha value is -1.68. The van der Waals surface area contributed by atoms with E-state index in [2.05, 4.69) is 26.7 Å². The first-order valence-electron chi connectivity index (χ1n) is 9.52. The van der Waals surface area contributed by atoms with Crippen LogP contribution in [0.5, 0.6) is 0 Å². The van der Waals surface area contributed by atoms with Crippen LogP contribution in [0.1, 0.15) is 45.4 Å². The summed E-state index contributed by atoms with van der Waals surface area (Å²) in [4.78, 5) is 11.0. The number of hydrogen-bond acceptors (Lipinski definition) is 6. The van der Waals surface area contributed by atoms with E-state index in [1.54, 1.807) is 20.4 Å². The summed E-state index contributed by atoms with van der Waals surface area (Å²) in [6, 6.07) is 1.94. The van der Waals surface area contributed by atoms with E-state index in [4.69, 9.17) is 14.2 Å². The first-order chi connectivity index (χ1) is 12.8. The van der Waals surface area contributed by atoms with E-state index in [9.17, 15) is 0 Å². The summed E-state index contributed by atoms with van der Waals surface area (Å²) in [6.07, 6.45) is 7.03. The molecule has 0 bridgehead atoms. The van der Waals surface area contributed by atoms with Crippen molar-refractivity contribution in [2.75, 3.05) is 38.8 Å². The number of hydrogen-bond donors (Lipinski definition) is 0. The maximum atomic E-state index is 6.16. The molecule has 1 aliphatic heterocycles. The third-order valence-corrected chi connectivity index (χ3v) is 4.59. The molecule has 144 valence electrons. The highest BCUT2D eigenvalue weighted by molar-refractivity contribution is 5.40. The van der Waals surface area contributed by atoms with Gasteiger partial charge in [0.25, 0.3) is 0 Å². The van der Waals surface area contributed by atoms with Crippen LogP contribution in [0.4, 0.5) is 5.82 Å². The minimum absolute atomic E-state index is 0.354. The Morgan fingerprint density at radius 2 is 1.85 bits per heavy atom. The number of nitrogens with zero attached hydrogens (tertiary/aromatic N) is 3. The molecule has 0 spiro atoms. The van der Waals surface area contributed by atoms with Crippen LogP contribution in [0, 0.1) is 11.8 Å². The molecule has 2 heterocycles. The lowest BCUT2D eigenvalue weighted by Crippen LogP contribution is -2.43. The Bertz CT molecular complexity index is 585. The van der Waals surface area contributed by atoms with Crippen molar-refractivity contribution in [2.45, 2.75) is 57.8 Å². The molecule has 0 amide bonds. The normalized spacial score (nSPS) is 22.5. The van der Waals surface area contributed by atoms with Gasteiger partial charge in [-0.2, -0.15) is 0 Å². The van der Waals surface area contributed by atoms with E-state index < -0.39 is 0 Å². The van der Waals surface area contributed by atoms with Crippen molar-refractivity contribution in [3.05, 3.63) is 18.1 Å².